The van der Waals surface area contributed by atoms with Crippen LogP contribution in [0.3, 0.4) is 0 Å². The summed E-state index contributed by atoms with van der Waals surface area (Å²) in [6.45, 7) is 2.95. The summed E-state index contributed by atoms with van der Waals surface area (Å²) in [5.41, 5.74) is 5.20. The summed E-state index contributed by atoms with van der Waals surface area (Å²) in [5, 5.41) is 17.0. The fourth-order valence-electron chi connectivity index (χ4n) is 3.55. The van der Waals surface area contributed by atoms with E-state index in [1.807, 2.05) is 43.3 Å². The number of H-pyrrole nitrogens is 1. The van der Waals surface area contributed by atoms with Gasteiger partial charge < -0.3 is 14.7 Å². The molecule has 6 heteroatoms. The van der Waals surface area contributed by atoms with E-state index in [-0.39, 0.29) is 17.7 Å². The van der Waals surface area contributed by atoms with E-state index < -0.39 is 0 Å². The van der Waals surface area contributed by atoms with Crippen LogP contribution in [0.2, 0.25) is 0 Å². The molecule has 0 radical (unpaired) electrons. The number of aromatic hydroxyl groups is 1. The molecule has 1 unspecified atom stereocenters. The molecule has 1 amide bonds. The third kappa shape index (κ3) is 2.98. The van der Waals surface area contributed by atoms with Crippen molar-refractivity contribution in [2.75, 3.05) is 20.3 Å². The first-order chi connectivity index (χ1) is 13.1. The predicted molar refractivity (Wildman–Crippen MR) is 102 cm³/mol. The monoisotopic (exact) mass is 363 g/mol. The van der Waals surface area contributed by atoms with Gasteiger partial charge in [-0.05, 0) is 24.6 Å². The number of hydrogen-bond acceptors (Lipinski definition) is 4. The summed E-state index contributed by atoms with van der Waals surface area (Å²) in [4.78, 5) is 14.8. The summed E-state index contributed by atoms with van der Waals surface area (Å²) in [6, 6.07) is 14.8. The van der Waals surface area contributed by atoms with Gasteiger partial charge in [-0.15, -0.1) is 0 Å². The molecule has 0 saturated carbocycles. The number of fused-ring (bicyclic) bond motifs is 1. The number of rotatable bonds is 5. The van der Waals surface area contributed by atoms with Crippen LogP contribution in [0.1, 0.15) is 33.2 Å². The first-order valence-electron chi connectivity index (χ1n) is 8.84. The molecule has 3 aromatic rings. The Bertz CT molecular complexity index is 961. The first-order valence-corrected chi connectivity index (χ1v) is 8.84. The van der Waals surface area contributed by atoms with Crippen molar-refractivity contribution >= 4 is 5.91 Å². The van der Waals surface area contributed by atoms with Crippen LogP contribution in [-0.2, 0) is 4.74 Å². The fraction of sp³-hybridized carbons (Fsp3) is 0.238. The minimum atomic E-state index is -0.279. The largest absolute Gasteiger partial charge is 0.508 e. The lowest BCUT2D eigenvalue weighted by molar-refractivity contribution is 0.0677. The molecule has 1 aromatic heterocycles. The molecule has 138 valence electrons. The van der Waals surface area contributed by atoms with Gasteiger partial charge in [-0.1, -0.05) is 42.0 Å². The number of amides is 1. The molecule has 1 aliphatic heterocycles. The van der Waals surface area contributed by atoms with Crippen molar-refractivity contribution in [2.24, 2.45) is 0 Å². The molecule has 1 atom stereocenters. The first kappa shape index (κ1) is 17.3. The average Bonchev–Trinajstić information content (AvgIpc) is 3.21. The molecule has 27 heavy (non-hydrogen) atoms. The Labute approximate surface area is 157 Å². The maximum atomic E-state index is 13.0. The smallest absolute Gasteiger partial charge is 0.273 e. The molecule has 0 spiro atoms. The molecular formula is C21H21N3O3. The zero-order valence-electron chi connectivity index (χ0n) is 15.3. The molecule has 0 fully saturated rings. The number of aromatic amines is 1. The van der Waals surface area contributed by atoms with Crippen molar-refractivity contribution in [3.63, 3.8) is 0 Å². The maximum Gasteiger partial charge on any atom is 0.273 e. The van der Waals surface area contributed by atoms with Crippen molar-refractivity contribution < 1.29 is 14.6 Å². The molecule has 2 aromatic carbocycles. The number of aryl methyl sites for hydroxylation is 1. The van der Waals surface area contributed by atoms with E-state index in [0.717, 1.165) is 22.4 Å². The van der Waals surface area contributed by atoms with Crippen LogP contribution in [0.15, 0.2) is 48.5 Å². The van der Waals surface area contributed by atoms with Gasteiger partial charge in [0.25, 0.3) is 5.91 Å². The third-order valence-corrected chi connectivity index (χ3v) is 4.93. The van der Waals surface area contributed by atoms with Gasteiger partial charge in [-0.2, -0.15) is 5.10 Å². The number of carbonyl (C=O) groups excluding carboxylic acids is 1. The van der Waals surface area contributed by atoms with Crippen molar-refractivity contribution in [1.29, 1.82) is 0 Å². The standard InChI is InChI=1S/C21H21N3O3/c1-13-3-5-14(6-4-13)18-17-19(23-22-18)21(26)24(11-12-27-2)20(17)15-7-9-16(25)10-8-15/h3-10,20,25H,11-12H2,1-2H3,(H,22,23). The van der Waals surface area contributed by atoms with Gasteiger partial charge in [0, 0.05) is 24.8 Å². The van der Waals surface area contributed by atoms with Crippen LogP contribution in [0.25, 0.3) is 11.3 Å². The highest BCUT2D eigenvalue weighted by atomic mass is 16.5. The normalized spacial score (nSPS) is 16.0. The van der Waals surface area contributed by atoms with E-state index in [1.165, 1.54) is 5.56 Å². The molecular weight excluding hydrogens is 342 g/mol. The predicted octanol–water partition coefficient (Wildman–Crippen LogP) is 3.28. The average molecular weight is 363 g/mol. The second-order valence-corrected chi connectivity index (χ2v) is 6.71. The topological polar surface area (TPSA) is 78.5 Å². The molecule has 2 heterocycles. The number of nitrogens with zero attached hydrogens (tertiary/aromatic N) is 2. The van der Waals surface area contributed by atoms with Crippen LogP contribution in [0.5, 0.6) is 5.75 Å². The van der Waals surface area contributed by atoms with Crippen molar-refractivity contribution in [3.8, 4) is 17.0 Å². The number of hydrogen-bond donors (Lipinski definition) is 2. The fourth-order valence-corrected chi connectivity index (χ4v) is 3.55. The Morgan fingerprint density at radius 3 is 2.52 bits per heavy atom. The van der Waals surface area contributed by atoms with E-state index in [1.54, 1.807) is 24.1 Å². The van der Waals surface area contributed by atoms with Crippen LogP contribution in [-0.4, -0.2) is 46.4 Å². The highest BCUT2D eigenvalue weighted by molar-refractivity contribution is 6.00. The Kier molecular flexibility index (Phi) is 4.41. The van der Waals surface area contributed by atoms with Gasteiger partial charge in [0.2, 0.25) is 0 Å². The Hall–Kier alpha value is -3.12. The zero-order valence-corrected chi connectivity index (χ0v) is 15.3. The molecule has 0 saturated heterocycles. The number of phenols is 1. The van der Waals surface area contributed by atoms with E-state index in [0.29, 0.717) is 18.8 Å². The molecule has 0 bridgehead atoms. The van der Waals surface area contributed by atoms with Gasteiger partial charge in [-0.25, -0.2) is 0 Å². The highest BCUT2D eigenvalue weighted by Gasteiger charge is 2.41. The van der Waals surface area contributed by atoms with Crippen LogP contribution >= 0.6 is 0 Å². The minimum Gasteiger partial charge on any atom is -0.508 e. The van der Waals surface area contributed by atoms with Crippen LogP contribution in [0.4, 0.5) is 0 Å². The zero-order chi connectivity index (χ0) is 19.0. The highest BCUT2D eigenvalue weighted by Crippen LogP contribution is 2.42. The van der Waals surface area contributed by atoms with Crippen LogP contribution < -0.4 is 0 Å². The number of benzene rings is 2. The molecule has 4 rings (SSSR count). The number of ether oxygens (including phenoxy) is 1. The summed E-state index contributed by atoms with van der Waals surface area (Å²) in [6.07, 6.45) is 0. The Balaban J connectivity index is 1.84. The maximum absolute atomic E-state index is 13.0. The molecule has 6 nitrogen and oxygen atoms in total. The lowest BCUT2D eigenvalue weighted by Gasteiger charge is -2.26. The number of carbonyl (C=O) groups is 1. The summed E-state index contributed by atoms with van der Waals surface area (Å²) < 4.78 is 5.20. The second-order valence-electron chi connectivity index (χ2n) is 6.71. The van der Waals surface area contributed by atoms with Gasteiger partial charge >= 0.3 is 0 Å². The van der Waals surface area contributed by atoms with E-state index in [4.69, 9.17) is 4.74 Å². The number of phenolic OH excluding ortho intramolecular Hbond substituents is 1. The van der Waals surface area contributed by atoms with E-state index >= 15 is 0 Å². The molecule has 0 aliphatic carbocycles. The van der Waals surface area contributed by atoms with Gasteiger partial charge in [0.05, 0.1) is 18.3 Å². The number of methoxy groups -OCH3 is 1. The Morgan fingerprint density at radius 2 is 1.85 bits per heavy atom. The van der Waals surface area contributed by atoms with Gasteiger partial charge in [0.1, 0.15) is 11.4 Å². The number of nitrogens with one attached hydrogen (secondary N) is 1. The third-order valence-electron chi connectivity index (χ3n) is 4.93. The Morgan fingerprint density at radius 1 is 1.15 bits per heavy atom. The lowest BCUT2D eigenvalue weighted by Crippen LogP contribution is -2.32. The quantitative estimate of drug-likeness (QED) is 0.729. The van der Waals surface area contributed by atoms with E-state index in [9.17, 15) is 9.90 Å². The lowest BCUT2D eigenvalue weighted by atomic mass is 9.95. The SMILES string of the molecule is COCCN1C(=O)c2[nH]nc(-c3ccc(C)cc3)c2C1c1ccc(O)cc1. The van der Waals surface area contributed by atoms with Gasteiger partial charge in [-0.3, -0.25) is 9.89 Å². The number of aromatic nitrogens is 2. The molecule has 1 aliphatic rings. The summed E-state index contributed by atoms with van der Waals surface area (Å²) >= 11 is 0. The summed E-state index contributed by atoms with van der Waals surface area (Å²) in [7, 11) is 1.62. The van der Waals surface area contributed by atoms with Crippen molar-refractivity contribution in [1.82, 2.24) is 15.1 Å². The van der Waals surface area contributed by atoms with Crippen LogP contribution in [0, 0.1) is 6.92 Å². The van der Waals surface area contributed by atoms with Gasteiger partial charge in [0.15, 0.2) is 0 Å². The van der Waals surface area contributed by atoms with E-state index in [2.05, 4.69) is 10.2 Å². The van der Waals surface area contributed by atoms with Crippen molar-refractivity contribution in [3.05, 3.63) is 70.9 Å². The molecule has 2 N–H and O–H groups in total. The van der Waals surface area contributed by atoms with Crippen molar-refractivity contribution in [2.45, 2.75) is 13.0 Å². The second kappa shape index (κ2) is 6.89. The summed E-state index contributed by atoms with van der Waals surface area (Å²) in [5.74, 6) is 0.101. The minimum absolute atomic E-state index is 0.0917.